The van der Waals surface area contributed by atoms with Crippen molar-refractivity contribution in [1.29, 1.82) is 0 Å². The maximum absolute atomic E-state index is 10.2. The summed E-state index contributed by atoms with van der Waals surface area (Å²) < 4.78 is 0. The largest absolute Gasteiger partial charge is 0.478 e. The highest BCUT2D eigenvalue weighted by molar-refractivity contribution is 5.87. The molecule has 2 rings (SSSR count). The number of nitrogens with zero attached hydrogens (tertiary/aromatic N) is 2. The van der Waals surface area contributed by atoms with Gasteiger partial charge in [-0.05, 0) is 19.1 Å². The minimum atomic E-state index is -0.879. The Kier molecular flexibility index (Phi) is 4.66. The van der Waals surface area contributed by atoms with E-state index in [-0.39, 0.29) is 0 Å². The number of carbonyl (C=O) groups is 1. The molecule has 0 aliphatic rings. The number of carboxylic acid groups (broad SMARTS) is 1. The summed E-state index contributed by atoms with van der Waals surface area (Å²) in [5.41, 5.74) is 1.29. The van der Waals surface area contributed by atoms with Crippen LogP contribution in [0.2, 0.25) is 0 Å². The van der Waals surface area contributed by atoms with Crippen LogP contribution in [0.1, 0.15) is 16.1 Å². The summed E-state index contributed by atoms with van der Waals surface area (Å²) in [6, 6.07) is 8.30. The van der Waals surface area contributed by atoms with E-state index in [2.05, 4.69) is 9.97 Å². The number of aromatic carboxylic acids is 1. The minimum Gasteiger partial charge on any atom is -0.478 e. The maximum Gasteiger partial charge on any atom is 0.335 e. The molecule has 0 spiro atoms. The second-order valence-electron chi connectivity index (χ2n) is 3.02. The quantitative estimate of drug-likeness (QED) is 0.793. The molecule has 0 radical (unpaired) electrons. The van der Waals surface area contributed by atoms with E-state index >= 15 is 0 Å². The van der Waals surface area contributed by atoms with E-state index in [0.717, 1.165) is 5.69 Å². The number of hydrogen-bond acceptors (Lipinski definition) is 3. The zero-order valence-electron chi connectivity index (χ0n) is 8.87. The molecule has 0 saturated carbocycles. The average molecular weight is 216 g/mol. The number of benzene rings is 1. The van der Waals surface area contributed by atoms with Crippen LogP contribution in [-0.2, 0) is 0 Å². The highest BCUT2D eigenvalue weighted by Gasteiger charge is 1.96. The van der Waals surface area contributed by atoms with Crippen LogP contribution in [0.4, 0.5) is 0 Å². The van der Waals surface area contributed by atoms with Gasteiger partial charge in [0, 0.05) is 18.6 Å². The molecule has 4 nitrogen and oxygen atoms in total. The number of carboxylic acids is 1. The van der Waals surface area contributed by atoms with Crippen LogP contribution in [0.5, 0.6) is 0 Å². The Morgan fingerprint density at radius 2 is 1.88 bits per heavy atom. The second-order valence-corrected chi connectivity index (χ2v) is 3.02. The van der Waals surface area contributed by atoms with Gasteiger partial charge in [-0.25, -0.2) is 4.79 Å². The molecule has 1 heterocycles. The molecule has 0 saturated heterocycles. The highest BCUT2D eigenvalue weighted by atomic mass is 16.4. The van der Waals surface area contributed by atoms with Crippen molar-refractivity contribution in [3.63, 3.8) is 0 Å². The van der Waals surface area contributed by atoms with E-state index in [1.165, 1.54) is 0 Å². The van der Waals surface area contributed by atoms with Crippen LogP contribution in [0.25, 0.3) is 0 Å². The van der Waals surface area contributed by atoms with Gasteiger partial charge in [0.25, 0.3) is 0 Å². The molecule has 0 aliphatic heterocycles. The van der Waals surface area contributed by atoms with Crippen molar-refractivity contribution in [2.24, 2.45) is 0 Å². The number of hydrogen-bond donors (Lipinski definition) is 1. The van der Waals surface area contributed by atoms with Crippen molar-refractivity contribution in [2.75, 3.05) is 0 Å². The summed E-state index contributed by atoms with van der Waals surface area (Å²) in [5, 5.41) is 8.38. The molecule has 0 amide bonds. The lowest BCUT2D eigenvalue weighted by Crippen LogP contribution is -1.93. The van der Waals surface area contributed by atoms with Gasteiger partial charge >= 0.3 is 5.97 Å². The summed E-state index contributed by atoms with van der Waals surface area (Å²) >= 11 is 0. The first kappa shape index (κ1) is 11.8. The highest BCUT2D eigenvalue weighted by Crippen LogP contribution is 1.96. The molecule has 0 bridgehead atoms. The zero-order chi connectivity index (χ0) is 11.8. The first-order chi connectivity index (χ1) is 7.70. The molecule has 82 valence electrons. The molecule has 2 aromatic rings. The van der Waals surface area contributed by atoms with Gasteiger partial charge < -0.3 is 5.11 Å². The van der Waals surface area contributed by atoms with E-state index < -0.39 is 5.97 Å². The van der Waals surface area contributed by atoms with E-state index in [1.807, 2.05) is 6.92 Å². The number of aryl methyl sites for hydroxylation is 1. The van der Waals surface area contributed by atoms with Gasteiger partial charge in [0.15, 0.2) is 0 Å². The lowest BCUT2D eigenvalue weighted by molar-refractivity contribution is 0.0697. The summed E-state index contributed by atoms with van der Waals surface area (Å²) in [5.74, 6) is -0.879. The molecular weight excluding hydrogens is 204 g/mol. The van der Waals surface area contributed by atoms with Gasteiger partial charge in [-0.15, -0.1) is 0 Å². The van der Waals surface area contributed by atoms with Crippen LogP contribution in [0, 0.1) is 6.92 Å². The Hall–Kier alpha value is -2.23. The third kappa shape index (κ3) is 4.32. The third-order valence-electron chi connectivity index (χ3n) is 1.71. The fraction of sp³-hybridized carbons (Fsp3) is 0.0833. The van der Waals surface area contributed by atoms with Crippen molar-refractivity contribution in [3.05, 3.63) is 60.2 Å². The fourth-order valence-electron chi connectivity index (χ4n) is 0.954. The van der Waals surface area contributed by atoms with Crippen LogP contribution in [0.15, 0.2) is 48.9 Å². The second kappa shape index (κ2) is 6.29. The lowest BCUT2D eigenvalue weighted by atomic mass is 10.2. The van der Waals surface area contributed by atoms with Gasteiger partial charge in [0.2, 0.25) is 0 Å². The summed E-state index contributed by atoms with van der Waals surface area (Å²) in [6.07, 6.45) is 5.06. The topological polar surface area (TPSA) is 63.1 Å². The Morgan fingerprint density at radius 3 is 2.19 bits per heavy atom. The molecule has 0 atom stereocenters. The van der Waals surface area contributed by atoms with Crippen molar-refractivity contribution in [2.45, 2.75) is 6.92 Å². The Labute approximate surface area is 93.6 Å². The zero-order valence-corrected chi connectivity index (χ0v) is 8.87. The molecule has 0 aliphatic carbocycles. The van der Waals surface area contributed by atoms with Crippen LogP contribution >= 0.6 is 0 Å². The monoisotopic (exact) mass is 216 g/mol. The van der Waals surface area contributed by atoms with Crippen molar-refractivity contribution < 1.29 is 9.90 Å². The molecule has 1 N–H and O–H groups in total. The van der Waals surface area contributed by atoms with Crippen LogP contribution in [0.3, 0.4) is 0 Å². The smallest absolute Gasteiger partial charge is 0.335 e. The first-order valence-corrected chi connectivity index (χ1v) is 4.71. The Morgan fingerprint density at radius 1 is 1.19 bits per heavy atom. The van der Waals surface area contributed by atoms with E-state index in [0.29, 0.717) is 5.56 Å². The molecule has 1 aromatic heterocycles. The molecule has 4 heteroatoms. The van der Waals surface area contributed by atoms with Crippen molar-refractivity contribution in [1.82, 2.24) is 9.97 Å². The average Bonchev–Trinajstić information content (AvgIpc) is 2.32. The SMILES string of the molecule is Cc1cnccn1.O=C(O)c1ccccc1. The third-order valence-corrected chi connectivity index (χ3v) is 1.71. The van der Waals surface area contributed by atoms with E-state index in [1.54, 1.807) is 48.9 Å². The van der Waals surface area contributed by atoms with Crippen molar-refractivity contribution >= 4 is 5.97 Å². The molecule has 0 fully saturated rings. The van der Waals surface area contributed by atoms with Gasteiger partial charge in [0.1, 0.15) is 0 Å². The van der Waals surface area contributed by atoms with Gasteiger partial charge in [-0.3, -0.25) is 9.97 Å². The molecule has 16 heavy (non-hydrogen) atoms. The maximum atomic E-state index is 10.2. The van der Waals surface area contributed by atoms with Gasteiger partial charge in [-0.2, -0.15) is 0 Å². The predicted molar refractivity (Wildman–Crippen MR) is 60.2 cm³/mol. The predicted octanol–water partition coefficient (Wildman–Crippen LogP) is 2.17. The summed E-state index contributed by atoms with van der Waals surface area (Å²) in [7, 11) is 0. The molecule has 0 unspecified atom stereocenters. The van der Waals surface area contributed by atoms with Gasteiger partial charge in [-0.1, -0.05) is 18.2 Å². The summed E-state index contributed by atoms with van der Waals surface area (Å²) in [6.45, 7) is 1.91. The van der Waals surface area contributed by atoms with E-state index in [4.69, 9.17) is 5.11 Å². The number of aromatic nitrogens is 2. The molecule has 1 aromatic carbocycles. The standard InChI is InChI=1S/C7H6O2.C5H6N2/c8-7(9)6-4-2-1-3-5-6;1-5-4-6-2-3-7-5/h1-5H,(H,8,9);2-4H,1H3. The van der Waals surface area contributed by atoms with Gasteiger partial charge in [0.05, 0.1) is 11.3 Å². The summed E-state index contributed by atoms with van der Waals surface area (Å²) in [4.78, 5) is 17.9. The Balaban J connectivity index is 0.000000165. The Bertz CT molecular complexity index is 429. The normalized spacial score (nSPS) is 8.81. The molecular formula is C12H12N2O2. The fourth-order valence-corrected chi connectivity index (χ4v) is 0.954. The number of rotatable bonds is 1. The minimum absolute atomic E-state index is 0.331. The van der Waals surface area contributed by atoms with Crippen LogP contribution in [-0.4, -0.2) is 21.0 Å². The van der Waals surface area contributed by atoms with Crippen LogP contribution < -0.4 is 0 Å². The van der Waals surface area contributed by atoms with E-state index in [9.17, 15) is 4.79 Å². The van der Waals surface area contributed by atoms with Crippen molar-refractivity contribution in [3.8, 4) is 0 Å². The lowest BCUT2D eigenvalue weighted by Gasteiger charge is -1.88. The first-order valence-electron chi connectivity index (χ1n) is 4.71.